The first-order chi connectivity index (χ1) is 17.7. The molecule has 0 bridgehead atoms. The fraction of sp³-hybridized carbons (Fsp3) is 0.464. The summed E-state index contributed by atoms with van der Waals surface area (Å²) in [5.41, 5.74) is 0.817. The normalized spacial score (nSPS) is 20.2. The van der Waals surface area contributed by atoms with Crippen LogP contribution in [0.5, 0.6) is 0 Å². The highest BCUT2D eigenvalue weighted by atomic mass is 19.4. The lowest BCUT2D eigenvalue weighted by Gasteiger charge is -2.36. The van der Waals surface area contributed by atoms with Crippen LogP contribution < -0.4 is 5.32 Å². The summed E-state index contributed by atoms with van der Waals surface area (Å²) in [5.74, 6) is -1.76. The molecule has 38 heavy (non-hydrogen) atoms. The number of piperidine rings is 1. The van der Waals surface area contributed by atoms with Gasteiger partial charge in [-0.25, -0.2) is 4.39 Å². The van der Waals surface area contributed by atoms with Crippen LogP contribution in [-0.4, -0.2) is 57.5 Å². The lowest BCUT2D eigenvalue weighted by Crippen LogP contribution is -2.45. The van der Waals surface area contributed by atoms with E-state index < -0.39 is 35.9 Å². The summed E-state index contributed by atoms with van der Waals surface area (Å²) in [6.45, 7) is 7.88. The maximum absolute atomic E-state index is 14.4. The first kappa shape index (κ1) is 27.8. The molecule has 1 aromatic carbocycles. The summed E-state index contributed by atoms with van der Waals surface area (Å²) < 4.78 is 56.0. The molecule has 1 aliphatic heterocycles. The molecule has 0 spiro atoms. The number of benzene rings is 1. The number of pyridine rings is 1. The zero-order valence-electron chi connectivity index (χ0n) is 22.1. The van der Waals surface area contributed by atoms with Gasteiger partial charge in [0.25, 0.3) is 5.91 Å². The van der Waals surface area contributed by atoms with E-state index in [2.05, 4.69) is 10.3 Å². The van der Waals surface area contributed by atoms with Gasteiger partial charge in [-0.05, 0) is 71.3 Å². The molecule has 0 aliphatic carbocycles. The van der Waals surface area contributed by atoms with Crippen LogP contribution in [0.3, 0.4) is 0 Å². The van der Waals surface area contributed by atoms with Crippen LogP contribution in [0, 0.1) is 18.2 Å². The van der Waals surface area contributed by atoms with Crippen LogP contribution in [-0.2, 0) is 0 Å². The van der Waals surface area contributed by atoms with Crippen LogP contribution >= 0.6 is 0 Å². The summed E-state index contributed by atoms with van der Waals surface area (Å²) in [6.07, 6.45) is -0.232. The zero-order valence-corrected chi connectivity index (χ0v) is 22.1. The molecule has 2 aromatic heterocycles. The average Bonchev–Trinajstić information content (AvgIpc) is 3.12. The van der Waals surface area contributed by atoms with Gasteiger partial charge in [-0.3, -0.25) is 14.6 Å². The van der Waals surface area contributed by atoms with Gasteiger partial charge in [0.1, 0.15) is 12.4 Å². The van der Waals surface area contributed by atoms with Gasteiger partial charge in [0, 0.05) is 40.3 Å². The molecule has 3 heterocycles. The minimum Gasteiger partial charge on any atom is -0.327 e. The number of amides is 1. The minimum absolute atomic E-state index is 0.0471. The quantitative estimate of drug-likeness (QED) is 0.320. The summed E-state index contributed by atoms with van der Waals surface area (Å²) in [6, 6.07) is 4.54. The van der Waals surface area contributed by atoms with Crippen molar-refractivity contribution >= 4 is 22.6 Å². The highest BCUT2D eigenvalue weighted by Gasteiger charge is 2.40. The van der Waals surface area contributed by atoms with E-state index in [1.807, 2.05) is 13.8 Å². The van der Waals surface area contributed by atoms with Crippen molar-refractivity contribution in [2.75, 3.05) is 13.1 Å². The number of alkyl halides is 3. The number of aromatic nitrogens is 2. The van der Waals surface area contributed by atoms with E-state index in [1.54, 1.807) is 30.0 Å². The van der Waals surface area contributed by atoms with Crippen molar-refractivity contribution in [3.05, 3.63) is 59.3 Å². The summed E-state index contributed by atoms with van der Waals surface area (Å²) in [5, 5.41) is 3.98. The number of hydrogen-bond donors (Lipinski definition) is 1. The van der Waals surface area contributed by atoms with Crippen LogP contribution in [0.15, 0.2) is 36.7 Å². The molecule has 1 fully saturated rings. The largest absolute Gasteiger partial charge is 0.406 e. The number of fused-ring (bicyclic) bond motifs is 1. The highest BCUT2D eigenvalue weighted by molar-refractivity contribution is 6.12. The molecule has 10 heteroatoms. The number of Topliss-reactive ketones (excluding diaryl/α,β-unsaturated/α-hetero) is 1. The van der Waals surface area contributed by atoms with Gasteiger partial charge < -0.3 is 14.8 Å². The highest BCUT2D eigenvalue weighted by Crippen LogP contribution is 2.39. The van der Waals surface area contributed by atoms with Crippen LogP contribution in [0.1, 0.15) is 66.9 Å². The number of carbonyl (C=O) groups is 2. The molecule has 204 valence electrons. The number of nitrogens with zero attached hydrogens (tertiary/aromatic N) is 3. The molecular weight excluding hydrogens is 500 g/mol. The second kappa shape index (κ2) is 10.1. The number of hydrogen-bond acceptors (Lipinski definition) is 4. The van der Waals surface area contributed by atoms with Crippen molar-refractivity contribution in [3.8, 4) is 5.69 Å². The van der Waals surface area contributed by atoms with E-state index in [0.29, 0.717) is 46.4 Å². The second-order valence-corrected chi connectivity index (χ2v) is 10.7. The molecular formula is C28H32F4N4O2. The predicted molar refractivity (Wildman–Crippen MR) is 137 cm³/mol. The van der Waals surface area contributed by atoms with Gasteiger partial charge in [-0.2, -0.15) is 13.2 Å². The van der Waals surface area contributed by atoms with E-state index in [-0.39, 0.29) is 23.1 Å². The molecule has 3 aromatic rings. The van der Waals surface area contributed by atoms with E-state index in [1.165, 1.54) is 19.9 Å². The molecule has 4 rings (SSSR count). The topological polar surface area (TPSA) is 67.2 Å². The zero-order chi connectivity index (χ0) is 28.0. The van der Waals surface area contributed by atoms with E-state index in [9.17, 15) is 27.2 Å². The Hall–Kier alpha value is -3.27. The van der Waals surface area contributed by atoms with Crippen LogP contribution in [0.4, 0.5) is 17.6 Å². The third-order valence-corrected chi connectivity index (χ3v) is 7.37. The van der Waals surface area contributed by atoms with Gasteiger partial charge in [0.05, 0.1) is 23.0 Å². The first-order valence-corrected chi connectivity index (χ1v) is 12.6. The number of halogens is 4. The Bertz CT molecular complexity index is 1380. The lowest BCUT2D eigenvalue weighted by molar-refractivity contribution is -0.143. The smallest absolute Gasteiger partial charge is 0.327 e. The predicted octanol–water partition coefficient (Wildman–Crippen LogP) is 5.85. The van der Waals surface area contributed by atoms with Crippen molar-refractivity contribution in [3.63, 3.8) is 0 Å². The first-order valence-electron chi connectivity index (χ1n) is 12.6. The van der Waals surface area contributed by atoms with E-state index in [0.717, 1.165) is 12.1 Å². The molecule has 1 amide bonds. The molecule has 0 unspecified atom stereocenters. The lowest BCUT2D eigenvalue weighted by atomic mass is 9.72. The Kier molecular flexibility index (Phi) is 7.40. The number of rotatable bonds is 6. The Morgan fingerprint density at radius 3 is 2.61 bits per heavy atom. The molecule has 1 saturated heterocycles. The van der Waals surface area contributed by atoms with Crippen LogP contribution in [0.25, 0.3) is 16.6 Å². The van der Waals surface area contributed by atoms with E-state index >= 15 is 0 Å². The minimum atomic E-state index is -4.63. The van der Waals surface area contributed by atoms with Gasteiger partial charge in [0.2, 0.25) is 0 Å². The van der Waals surface area contributed by atoms with Gasteiger partial charge in [0.15, 0.2) is 5.78 Å². The fourth-order valence-corrected chi connectivity index (χ4v) is 5.52. The van der Waals surface area contributed by atoms with E-state index in [4.69, 9.17) is 0 Å². The fourth-order valence-electron chi connectivity index (χ4n) is 5.52. The molecule has 6 nitrogen and oxygen atoms in total. The molecule has 2 atom stereocenters. The molecule has 0 radical (unpaired) electrons. The monoisotopic (exact) mass is 532 g/mol. The SMILES string of the molecule is Cc1c(C(=O)[C@@]2(C)CCN[C@@H](C)C2)c2ccncc2n1-c1ccc(F)cc1C(=O)N(CC(F)(F)F)C(C)C. The van der Waals surface area contributed by atoms with Gasteiger partial charge in [-0.15, -0.1) is 0 Å². The van der Waals surface area contributed by atoms with Gasteiger partial charge >= 0.3 is 6.18 Å². The third-order valence-electron chi connectivity index (χ3n) is 7.37. The molecule has 0 saturated carbocycles. The van der Waals surface area contributed by atoms with Crippen molar-refractivity contribution in [1.82, 2.24) is 19.8 Å². The number of carbonyl (C=O) groups excluding carboxylic acids is 2. The maximum Gasteiger partial charge on any atom is 0.406 e. The summed E-state index contributed by atoms with van der Waals surface area (Å²) in [4.78, 5) is 32.4. The standard InChI is InChI=1S/C28H32F4N4O2/c1-16(2)35(15-28(30,31)32)26(38)21-12-19(29)6-7-22(21)36-18(4)24(20-8-10-33-14-23(20)36)25(37)27(5)9-11-34-17(3)13-27/h6-8,10,12,14,16-17,34H,9,11,13,15H2,1-5H3/t17-,27-/m0/s1. The Morgan fingerprint density at radius 1 is 1.26 bits per heavy atom. The van der Waals surface area contributed by atoms with Crippen molar-refractivity contribution < 1.29 is 27.2 Å². The number of nitrogens with one attached hydrogen (secondary N) is 1. The Morgan fingerprint density at radius 2 is 1.97 bits per heavy atom. The number of ketones is 1. The molecule has 1 aliphatic rings. The van der Waals surface area contributed by atoms with Crippen LogP contribution in [0.2, 0.25) is 0 Å². The van der Waals surface area contributed by atoms with Crippen molar-refractivity contribution in [2.24, 2.45) is 5.41 Å². The molecule has 1 N–H and O–H groups in total. The Labute approximate surface area is 219 Å². The van der Waals surface area contributed by atoms with Crippen molar-refractivity contribution in [2.45, 2.75) is 65.7 Å². The average molecular weight is 533 g/mol. The van der Waals surface area contributed by atoms with Gasteiger partial charge in [-0.1, -0.05) is 6.92 Å². The third kappa shape index (κ3) is 5.18. The summed E-state index contributed by atoms with van der Waals surface area (Å²) >= 11 is 0. The van der Waals surface area contributed by atoms with Crippen molar-refractivity contribution in [1.29, 1.82) is 0 Å². The maximum atomic E-state index is 14.4. The second-order valence-electron chi connectivity index (χ2n) is 10.7. The summed E-state index contributed by atoms with van der Waals surface area (Å²) in [7, 11) is 0. The Balaban J connectivity index is 1.92.